The van der Waals surface area contributed by atoms with E-state index in [1.807, 2.05) is 11.6 Å². The van der Waals surface area contributed by atoms with E-state index in [4.69, 9.17) is 5.11 Å². The predicted molar refractivity (Wildman–Crippen MR) is 121 cm³/mol. The van der Waals surface area contributed by atoms with Crippen molar-refractivity contribution in [1.82, 2.24) is 24.6 Å². The monoisotopic (exact) mass is 451 g/mol. The number of carbonyl (C=O) groups is 2. The molecule has 0 aliphatic carbocycles. The van der Waals surface area contributed by atoms with Gasteiger partial charge in [0.05, 0.1) is 0 Å². The summed E-state index contributed by atoms with van der Waals surface area (Å²) >= 11 is 1.66. The Kier molecular flexibility index (Phi) is 5.52. The summed E-state index contributed by atoms with van der Waals surface area (Å²) < 4.78 is 1.14. The van der Waals surface area contributed by atoms with Gasteiger partial charge < -0.3 is 10.0 Å². The number of hydrogen-bond acceptors (Lipinski definition) is 6. The van der Waals surface area contributed by atoms with Crippen molar-refractivity contribution in [2.45, 2.75) is 25.8 Å². The molecule has 0 bridgehead atoms. The van der Waals surface area contributed by atoms with Crippen LogP contribution in [0.15, 0.2) is 48.1 Å². The van der Waals surface area contributed by atoms with Gasteiger partial charge in [0, 0.05) is 49.5 Å². The van der Waals surface area contributed by atoms with E-state index in [9.17, 15) is 9.59 Å². The number of likely N-dealkylation sites (tertiary alicyclic amines) is 2. The van der Waals surface area contributed by atoms with E-state index < -0.39 is 5.97 Å². The quantitative estimate of drug-likeness (QED) is 0.651. The van der Waals surface area contributed by atoms with Crippen LogP contribution in [0.4, 0.5) is 4.79 Å². The topological polar surface area (TPSA) is 91.6 Å². The minimum atomic E-state index is -1.13. The fourth-order valence-corrected chi connectivity index (χ4v) is 5.49. The van der Waals surface area contributed by atoms with E-state index >= 15 is 0 Å². The number of carbonyl (C=O) groups excluding carboxylic acids is 1. The summed E-state index contributed by atoms with van der Waals surface area (Å²) in [5, 5.41) is 15.9. The third kappa shape index (κ3) is 4.18. The second-order valence-electron chi connectivity index (χ2n) is 8.72. The molecule has 2 aromatic heterocycles. The zero-order valence-electron chi connectivity index (χ0n) is 17.7. The summed E-state index contributed by atoms with van der Waals surface area (Å²) in [6, 6.07) is 9.73. The predicted octanol–water partition coefficient (Wildman–Crippen LogP) is 3.66. The first-order chi connectivity index (χ1) is 15.5. The summed E-state index contributed by atoms with van der Waals surface area (Å²) in [4.78, 5) is 32.4. The molecular weight excluding hydrogens is 426 g/mol. The first kappa shape index (κ1) is 20.8. The molecule has 32 heavy (non-hydrogen) atoms. The van der Waals surface area contributed by atoms with E-state index in [1.54, 1.807) is 16.2 Å². The molecule has 2 aliphatic rings. The van der Waals surface area contributed by atoms with Crippen molar-refractivity contribution in [2.75, 3.05) is 26.2 Å². The molecule has 2 aliphatic heterocycles. The number of nitrogens with zero attached hydrogens (tertiary/aromatic N) is 5. The molecule has 1 amide bonds. The molecule has 0 atom stereocenters. The minimum Gasteiger partial charge on any atom is -0.476 e. The maximum absolute atomic E-state index is 12.7. The van der Waals surface area contributed by atoms with Crippen LogP contribution < -0.4 is 0 Å². The molecule has 166 valence electrons. The smallest absolute Gasteiger partial charge is 0.356 e. The van der Waals surface area contributed by atoms with Crippen LogP contribution in [0.3, 0.4) is 0 Å². The van der Waals surface area contributed by atoms with Crippen LogP contribution in [0.25, 0.3) is 10.6 Å². The molecule has 0 unspecified atom stereocenters. The van der Waals surface area contributed by atoms with E-state index in [1.165, 1.54) is 23.4 Å². The second-order valence-corrected chi connectivity index (χ2v) is 9.61. The van der Waals surface area contributed by atoms with Gasteiger partial charge in [0.2, 0.25) is 0 Å². The highest BCUT2D eigenvalue weighted by atomic mass is 32.1. The van der Waals surface area contributed by atoms with Crippen LogP contribution >= 0.6 is 11.3 Å². The zero-order chi connectivity index (χ0) is 22.1. The fraction of sp³-hybridized carbons (Fsp3) is 0.391. The standard InChI is InChI=1S/C23H25N5O3S/c29-21(30)19-4-9-28(25-19)22(31)27-11-6-23(7-12-27)5-10-26(16-23)15-17-2-1-3-18(14-17)20-24-8-13-32-20/h1-4,8-9,13-14H,5-7,10-12,15-16H2,(H,29,30). The third-order valence-corrected chi connectivity index (χ3v) is 7.45. The van der Waals surface area contributed by atoms with E-state index in [0.29, 0.717) is 13.1 Å². The number of piperidine rings is 1. The third-order valence-electron chi connectivity index (χ3n) is 6.63. The van der Waals surface area contributed by atoms with Gasteiger partial charge in [-0.1, -0.05) is 18.2 Å². The van der Waals surface area contributed by atoms with E-state index in [2.05, 4.69) is 39.2 Å². The Morgan fingerprint density at radius 3 is 2.66 bits per heavy atom. The number of hydrogen-bond donors (Lipinski definition) is 1. The van der Waals surface area contributed by atoms with Gasteiger partial charge in [-0.3, -0.25) is 4.90 Å². The van der Waals surface area contributed by atoms with Crippen molar-refractivity contribution in [3.63, 3.8) is 0 Å². The van der Waals surface area contributed by atoms with Crippen LogP contribution in [-0.4, -0.2) is 67.9 Å². The van der Waals surface area contributed by atoms with E-state index in [-0.39, 0.29) is 17.1 Å². The highest BCUT2D eigenvalue weighted by molar-refractivity contribution is 7.13. The maximum atomic E-state index is 12.7. The highest BCUT2D eigenvalue weighted by Crippen LogP contribution is 2.41. The van der Waals surface area contributed by atoms with Crippen molar-refractivity contribution in [3.05, 3.63) is 59.4 Å². The van der Waals surface area contributed by atoms with E-state index in [0.717, 1.165) is 48.6 Å². The molecule has 1 N–H and O–H groups in total. The van der Waals surface area contributed by atoms with Crippen molar-refractivity contribution < 1.29 is 14.7 Å². The Hall–Kier alpha value is -3.04. The van der Waals surface area contributed by atoms with Crippen molar-refractivity contribution in [1.29, 1.82) is 0 Å². The van der Waals surface area contributed by atoms with Gasteiger partial charge in [-0.15, -0.1) is 11.3 Å². The average molecular weight is 452 g/mol. The van der Waals surface area contributed by atoms with Crippen LogP contribution in [0.1, 0.15) is 35.3 Å². The first-order valence-corrected chi connectivity index (χ1v) is 11.7. The lowest BCUT2D eigenvalue weighted by Gasteiger charge is -2.39. The molecule has 2 saturated heterocycles. The van der Waals surface area contributed by atoms with Gasteiger partial charge in [0.1, 0.15) is 5.01 Å². The number of carboxylic acids is 1. The highest BCUT2D eigenvalue weighted by Gasteiger charge is 2.41. The molecule has 1 spiro atoms. The second kappa shape index (κ2) is 8.48. The van der Waals surface area contributed by atoms with Crippen LogP contribution in [0.2, 0.25) is 0 Å². The Balaban J connectivity index is 1.18. The fourth-order valence-electron chi connectivity index (χ4n) is 4.86. The minimum absolute atomic E-state index is 0.114. The first-order valence-electron chi connectivity index (χ1n) is 10.8. The number of carboxylic acid groups (broad SMARTS) is 1. The molecule has 8 nitrogen and oxygen atoms in total. The normalized spacial score (nSPS) is 18.3. The largest absolute Gasteiger partial charge is 0.476 e. The van der Waals surface area contributed by atoms with Crippen LogP contribution in [-0.2, 0) is 6.54 Å². The zero-order valence-corrected chi connectivity index (χ0v) is 18.5. The molecule has 2 fully saturated rings. The molecule has 0 saturated carbocycles. The summed E-state index contributed by atoms with van der Waals surface area (Å²) in [7, 11) is 0. The summed E-state index contributed by atoms with van der Waals surface area (Å²) in [6.07, 6.45) is 6.33. The van der Waals surface area contributed by atoms with Crippen molar-refractivity contribution >= 4 is 23.3 Å². The van der Waals surface area contributed by atoms with Crippen LogP contribution in [0, 0.1) is 5.41 Å². The molecule has 4 heterocycles. The van der Waals surface area contributed by atoms with Gasteiger partial charge in [-0.25, -0.2) is 14.6 Å². The van der Waals surface area contributed by atoms with Gasteiger partial charge in [0.25, 0.3) is 0 Å². The van der Waals surface area contributed by atoms with Gasteiger partial charge in [0.15, 0.2) is 5.69 Å². The number of rotatable bonds is 4. The van der Waals surface area contributed by atoms with Crippen molar-refractivity contribution in [2.24, 2.45) is 5.41 Å². The van der Waals surface area contributed by atoms with Gasteiger partial charge in [-0.2, -0.15) is 9.78 Å². The Labute approximate surface area is 190 Å². The summed E-state index contributed by atoms with van der Waals surface area (Å²) in [5.41, 5.74) is 2.61. The molecule has 3 aromatic rings. The lowest BCUT2D eigenvalue weighted by atomic mass is 9.78. The number of aromatic nitrogens is 3. The maximum Gasteiger partial charge on any atom is 0.356 e. The molecule has 9 heteroatoms. The van der Waals surface area contributed by atoms with Crippen LogP contribution in [0.5, 0.6) is 0 Å². The Morgan fingerprint density at radius 2 is 1.94 bits per heavy atom. The summed E-state index contributed by atoms with van der Waals surface area (Å²) in [6.45, 7) is 4.38. The number of amides is 1. The number of aromatic carboxylic acids is 1. The lowest BCUT2D eigenvalue weighted by molar-refractivity contribution is 0.0689. The molecular formula is C23H25N5O3S. The summed E-state index contributed by atoms with van der Waals surface area (Å²) in [5.74, 6) is -1.13. The van der Waals surface area contributed by atoms with Crippen molar-refractivity contribution in [3.8, 4) is 10.6 Å². The SMILES string of the molecule is O=C(O)c1ccn(C(=O)N2CCC3(CCN(Cc4cccc(-c5nccs5)c4)C3)CC2)n1. The van der Waals surface area contributed by atoms with Gasteiger partial charge in [-0.05, 0) is 48.9 Å². The molecule has 1 aromatic carbocycles. The number of benzene rings is 1. The average Bonchev–Trinajstić information content (AvgIpc) is 3.56. The Bertz CT molecular complexity index is 1120. The van der Waals surface area contributed by atoms with Gasteiger partial charge >= 0.3 is 12.0 Å². The number of thiazole rings is 1. The molecule has 0 radical (unpaired) electrons. The molecule has 5 rings (SSSR count). The Morgan fingerprint density at radius 1 is 1.12 bits per heavy atom. The lowest BCUT2D eigenvalue weighted by Crippen LogP contribution is -2.45.